The first-order valence-corrected chi connectivity index (χ1v) is 11.9. The fourth-order valence-corrected chi connectivity index (χ4v) is 4.37. The summed E-state index contributed by atoms with van der Waals surface area (Å²) in [6.07, 6.45) is 0. The maximum Gasteiger partial charge on any atom is 0.300 e. The topological polar surface area (TPSA) is 76.1 Å². The van der Waals surface area contributed by atoms with Crippen LogP contribution in [0.25, 0.3) is 5.76 Å². The van der Waals surface area contributed by atoms with E-state index >= 15 is 0 Å². The molecule has 1 atom stereocenters. The maximum absolute atomic E-state index is 13.4. The highest BCUT2D eigenvalue weighted by Gasteiger charge is 2.47. The molecular formula is C30H31NO5. The van der Waals surface area contributed by atoms with E-state index in [2.05, 4.69) is 20.8 Å². The number of hydrogen-bond donors (Lipinski definition) is 1. The fraction of sp³-hybridized carbons (Fsp3) is 0.267. The average Bonchev–Trinajstić information content (AvgIpc) is 3.14. The number of carbonyl (C=O) groups is 2. The van der Waals surface area contributed by atoms with Crippen LogP contribution in [0.1, 0.15) is 50.4 Å². The number of amides is 1. The van der Waals surface area contributed by atoms with Crippen molar-refractivity contribution in [2.75, 3.05) is 18.6 Å². The third-order valence-electron chi connectivity index (χ3n) is 6.31. The molecule has 1 unspecified atom stereocenters. The molecule has 1 aliphatic heterocycles. The minimum absolute atomic E-state index is 0.0375. The van der Waals surface area contributed by atoms with Gasteiger partial charge in [-0.3, -0.25) is 14.5 Å². The van der Waals surface area contributed by atoms with Gasteiger partial charge in [-0.15, -0.1) is 0 Å². The Morgan fingerprint density at radius 1 is 0.944 bits per heavy atom. The van der Waals surface area contributed by atoms with Crippen molar-refractivity contribution in [2.24, 2.45) is 0 Å². The summed E-state index contributed by atoms with van der Waals surface area (Å²) in [5.74, 6) is -0.467. The van der Waals surface area contributed by atoms with E-state index in [0.717, 1.165) is 11.1 Å². The van der Waals surface area contributed by atoms with Gasteiger partial charge in [0, 0.05) is 17.3 Å². The normalized spacial score (nSPS) is 17.4. The van der Waals surface area contributed by atoms with Gasteiger partial charge in [-0.05, 0) is 59.9 Å². The van der Waals surface area contributed by atoms with Gasteiger partial charge in [0.1, 0.15) is 17.3 Å². The van der Waals surface area contributed by atoms with Crippen molar-refractivity contribution in [1.29, 1.82) is 0 Å². The Labute approximate surface area is 211 Å². The standard InChI is InChI=1S/C30H31NO5/c1-6-36-24-9-7-8-22(18-24)31-26(19-10-14-21(15-11-19)30(2,3)4)25(28(33)29(31)34)27(32)20-12-16-23(35-5)17-13-20/h7-18,26,32H,6H2,1-5H3/b27-25+. The Bertz CT molecular complexity index is 1300. The molecule has 0 spiro atoms. The smallest absolute Gasteiger partial charge is 0.300 e. The highest BCUT2D eigenvalue weighted by Crippen LogP contribution is 2.43. The van der Waals surface area contributed by atoms with Crippen LogP contribution < -0.4 is 14.4 Å². The van der Waals surface area contributed by atoms with Crippen LogP contribution in [0.3, 0.4) is 0 Å². The van der Waals surface area contributed by atoms with Gasteiger partial charge >= 0.3 is 0 Å². The van der Waals surface area contributed by atoms with E-state index in [-0.39, 0.29) is 16.7 Å². The monoisotopic (exact) mass is 485 g/mol. The number of rotatable bonds is 6. The van der Waals surface area contributed by atoms with Gasteiger partial charge < -0.3 is 14.6 Å². The lowest BCUT2D eigenvalue weighted by Gasteiger charge is -2.27. The van der Waals surface area contributed by atoms with E-state index in [1.54, 1.807) is 55.6 Å². The molecule has 0 radical (unpaired) electrons. The van der Waals surface area contributed by atoms with Crippen LogP contribution >= 0.6 is 0 Å². The number of aliphatic hydroxyl groups is 1. The summed E-state index contributed by atoms with van der Waals surface area (Å²) in [5, 5.41) is 11.3. The first kappa shape index (κ1) is 25.0. The van der Waals surface area contributed by atoms with Crippen LogP contribution in [0.5, 0.6) is 11.5 Å². The molecule has 6 nitrogen and oxygen atoms in total. The van der Waals surface area contributed by atoms with E-state index < -0.39 is 17.7 Å². The van der Waals surface area contributed by atoms with Crippen molar-refractivity contribution < 1.29 is 24.2 Å². The van der Waals surface area contributed by atoms with Gasteiger partial charge in [-0.2, -0.15) is 0 Å². The van der Waals surface area contributed by atoms with E-state index in [9.17, 15) is 14.7 Å². The fourth-order valence-electron chi connectivity index (χ4n) is 4.37. The van der Waals surface area contributed by atoms with Crippen LogP contribution in [0.2, 0.25) is 0 Å². The number of ketones is 1. The van der Waals surface area contributed by atoms with Gasteiger partial charge in [0.2, 0.25) is 0 Å². The zero-order valence-corrected chi connectivity index (χ0v) is 21.2. The van der Waals surface area contributed by atoms with Crippen LogP contribution in [0, 0.1) is 0 Å². The molecular weight excluding hydrogens is 454 g/mol. The molecule has 3 aromatic carbocycles. The zero-order valence-electron chi connectivity index (χ0n) is 21.2. The molecule has 0 saturated carbocycles. The molecule has 1 N–H and O–H groups in total. The average molecular weight is 486 g/mol. The van der Waals surface area contributed by atoms with E-state index in [1.165, 1.54) is 4.90 Å². The van der Waals surface area contributed by atoms with E-state index in [0.29, 0.717) is 29.4 Å². The first-order valence-electron chi connectivity index (χ1n) is 11.9. The minimum atomic E-state index is -0.807. The summed E-state index contributed by atoms with van der Waals surface area (Å²) in [4.78, 5) is 28.2. The number of carbonyl (C=O) groups excluding carboxylic acids is 2. The highest BCUT2D eigenvalue weighted by molar-refractivity contribution is 6.51. The van der Waals surface area contributed by atoms with Gasteiger partial charge in [0.25, 0.3) is 11.7 Å². The first-order chi connectivity index (χ1) is 17.2. The molecule has 1 saturated heterocycles. The van der Waals surface area contributed by atoms with Crippen LogP contribution in [-0.4, -0.2) is 30.5 Å². The molecule has 0 aliphatic carbocycles. The van der Waals surface area contributed by atoms with Gasteiger partial charge in [0.05, 0.1) is 25.3 Å². The molecule has 3 aromatic rings. The number of nitrogens with zero attached hydrogens (tertiary/aromatic N) is 1. The predicted octanol–water partition coefficient (Wildman–Crippen LogP) is 6.02. The zero-order chi connectivity index (χ0) is 26.0. The van der Waals surface area contributed by atoms with Crippen LogP contribution in [-0.2, 0) is 15.0 Å². The Balaban J connectivity index is 1.90. The number of benzene rings is 3. The summed E-state index contributed by atoms with van der Waals surface area (Å²) in [7, 11) is 1.55. The highest BCUT2D eigenvalue weighted by atomic mass is 16.5. The Kier molecular flexibility index (Phi) is 6.88. The lowest BCUT2D eigenvalue weighted by molar-refractivity contribution is -0.132. The number of anilines is 1. The minimum Gasteiger partial charge on any atom is -0.507 e. The second kappa shape index (κ2) is 9.90. The quantitative estimate of drug-likeness (QED) is 0.263. The van der Waals surface area contributed by atoms with Gasteiger partial charge in [-0.1, -0.05) is 51.1 Å². The number of aliphatic hydroxyl groups excluding tert-OH is 1. The lowest BCUT2D eigenvalue weighted by atomic mass is 9.85. The molecule has 1 amide bonds. The maximum atomic E-state index is 13.4. The van der Waals surface area contributed by atoms with Gasteiger partial charge in [-0.25, -0.2) is 0 Å². The molecule has 36 heavy (non-hydrogen) atoms. The Morgan fingerprint density at radius 2 is 1.61 bits per heavy atom. The molecule has 1 fully saturated rings. The molecule has 4 rings (SSSR count). The summed E-state index contributed by atoms with van der Waals surface area (Å²) in [6.45, 7) is 8.72. The summed E-state index contributed by atoms with van der Waals surface area (Å²) in [5.41, 5.74) is 2.76. The largest absolute Gasteiger partial charge is 0.507 e. The van der Waals surface area contributed by atoms with Crippen molar-refractivity contribution in [1.82, 2.24) is 0 Å². The second-order valence-corrected chi connectivity index (χ2v) is 9.70. The van der Waals surface area contributed by atoms with Crippen LogP contribution in [0.4, 0.5) is 5.69 Å². The molecule has 0 bridgehead atoms. The van der Waals surface area contributed by atoms with Crippen molar-refractivity contribution >= 4 is 23.1 Å². The van der Waals surface area contributed by atoms with E-state index in [1.807, 2.05) is 31.2 Å². The van der Waals surface area contributed by atoms with Crippen molar-refractivity contribution in [3.05, 3.63) is 95.1 Å². The molecule has 1 aliphatic rings. The molecule has 186 valence electrons. The number of ether oxygens (including phenoxy) is 2. The Hall–Kier alpha value is -4.06. The second-order valence-electron chi connectivity index (χ2n) is 9.70. The summed E-state index contributed by atoms with van der Waals surface area (Å²) < 4.78 is 10.8. The SMILES string of the molecule is CCOc1cccc(N2C(=O)C(=O)/C(=C(/O)c3ccc(OC)cc3)C2c2ccc(C(C)(C)C)cc2)c1. The number of methoxy groups -OCH3 is 1. The molecule has 1 heterocycles. The predicted molar refractivity (Wildman–Crippen MR) is 141 cm³/mol. The summed E-state index contributed by atoms with van der Waals surface area (Å²) >= 11 is 0. The Morgan fingerprint density at radius 3 is 2.19 bits per heavy atom. The van der Waals surface area contributed by atoms with E-state index in [4.69, 9.17) is 9.47 Å². The van der Waals surface area contributed by atoms with Crippen LogP contribution in [0.15, 0.2) is 78.4 Å². The summed E-state index contributed by atoms with van der Waals surface area (Å²) in [6, 6.07) is 20.8. The van der Waals surface area contributed by atoms with Crippen molar-refractivity contribution in [2.45, 2.75) is 39.2 Å². The molecule has 6 heteroatoms. The van der Waals surface area contributed by atoms with Gasteiger partial charge in [0.15, 0.2) is 0 Å². The number of Topliss-reactive ketones (excluding diaryl/α,β-unsaturated/α-hetero) is 1. The lowest BCUT2D eigenvalue weighted by Crippen LogP contribution is -2.29. The van der Waals surface area contributed by atoms with Crippen molar-refractivity contribution in [3.63, 3.8) is 0 Å². The van der Waals surface area contributed by atoms with Crippen molar-refractivity contribution in [3.8, 4) is 11.5 Å². The number of hydrogen-bond acceptors (Lipinski definition) is 5. The third kappa shape index (κ3) is 4.71. The molecule has 0 aromatic heterocycles. The third-order valence-corrected chi connectivity index (χ3v) is 6.31.